The van der Waals surface area contributed by atoms with Gasteiger partial charge in [0.25, 0.3) is 5.56 Å². The van der Waals surface area contributed by atoms with E-state index in [0.29, 0.717) is 31.7 Å². The van der Waals surface area contributed by atoms with Crippen LogP contribution in [0.2, 0.25) is 0 Å². The van der Waals surface area contributed by atoms with Gasteiger partial charge < -0.3 is 20.1 Å². The third-order valence-corrected chi connectivity index (χ3v) is 5.13. The molecule has 0 atom stereocenters. The number of H-pyrrole nitrogens is 1. The standard InChI is InChI=1S/C21H29BrN4O5/c1-3-4-10-26-19(23)18(20(28)24-21(26)29)25(11-13-30-2)17(27)9-6-12-31-16-8-5-7-15(22)14-16/h5,7-8,14H,3-4,6,9-13,23H2,1-2H3,(H,24,28,29). The molecule has 0 aliphatic heterocycles. The van der Waals surface area contributed by atoms with Gasteiger partial charge in [0.2, 0.25) is 5.91 Å². The van der Waals surface area contributed by atoms with Crippen molar-refractivity contribution < 1.29 is 14.3 Å². The maximum Gasteiger partial charge on any atom is 0.330 e. The molecule has 31 heavy (non-hydrogen) atoms. The summed E-state index contributed by atoms with van der Waals surface area (Å²) >= 11 is 3.38. The van der Waals surface area contributed by atoms with E-state index in [0.717, 1.165) is 10.9 Å². The minimum absolute atomic E-state index is 0.0166. The number of benzene rings is 1. The number of halogens is 1. The Balaban J connectivity index is 2.15. The van der Waals surface area contributed by atoms with Crippen molar-refractivity contribution in [2.75, 3.05) is 37.5 Å². The Hall–Kier alpha value is -2.59. The summed E-state index contributed by atoms with van der Waals surface area (Å²) in [6, 6.07) is 7.43. The molecule has 1 aromatic heterocycles. The van der Waals surface area contributed by atoms with Gasteiger partial charge in [-0.25, -0.2) is 4.79 Å². The fourth-order valence-electron chi connectivity index (χ4n) is 3.03. The topological polar surface area (TPSA) is 120 Å². The van der Waals surface area contributed by atoms with Gasteiger partial charge in [-0.15, -0.1) is 0 Å². The summed E-state index contributed by atoms with van der Waals surface area (Å²) in [6.45, 7) is 3.03. The Morgan fingerprint density at radius 3 is 2.71 bits per heavy atom. The van der Waals surface area contributed by atoms with Crippen LogP contribution in [-0.2, 0) is 16.1 Å². The Bertz CT molecular complexity index is 988. The minimum atomic E-state index is -0.690. The van der Waals surface area contributed by atoms with E-state index in [1.54, 1.807) is 0 Å². The molecule has 0 unspecified atom stereocenters. The van der Waals surface area contributed by atoms with Crippen LogP contribution in [0.15, 0.2) is 38.3 Å². The molecular weight excluding hydrogens is 468 g/mol. The zero-order valence-electron chi connectivity index (χ0n) is 17.9. The number of rotatable bonds is 12. The van der Waals surface area contributed by atoms with Crippen LogP contribution in [0.5, 0.6) is 5.75 Å². The number of amides is 1. The second kappa shape index (κ2) is 12.3. The highest BCUT2D eigenvalue weighted by Gasteiger charge is 2.23. The predicted octanol–water partition coefficient (Wildman–Crippen LogP) is 2.52. The van der Waals surface area contributed by atoms with Gasteiger partial charge >= 0.3 is 5.69 Å². The number of hydrogen-bond acceptors (Lipinski definition) is 6. The van der Waals surface area contributed by atoms with Crippen LogP contribution in [0, 0.1) is 0 Å². The molecule has 170 valence electrons. The van der Waals surface area contributed by atoms with Gasteiger partial charge in [-0.2, -0.15) is 0 Å². The number of nitrogen functional groups attached to an aromatic ring is 1. The molecule has 1 aromatic carbocycles. The van der Waals surface area contributed by atoms with Crippen LogP contribution in [0.4, 0.5) is 11.5 Å². The molecule has 0 aliphatic carbocycles. The average Bonchev–Trinajstić information content (AvgIpc) is 2.73. The third kappa shape index (κ3) is 6.96. The van der Waals surface area contributed by atoms with Gasteiger partial charge in [0, 0.05) is 31.1 Å². The summed E-state index contributed by atoms with van der Waals surface area (Å²) in [5, 5.41) is 0. The Morgan fingerprint density at radius 2 is 2.03 bits per heavy atom. The molecule has 2 rings (SSSR count). The van der Waals surface area contributed by atoms with E-state index in [9.17, 15) is 14.4 Å². The summed E-state index contributed by atoms with van der Waals surface area (Å²) in [6.07, 6.45) is 2.16. The van der Waals surface area contributed by atoms with E-state index in [1.807, 2.05) is 31.2 Å². The number of methoxy groups -OCH3 is 1. The summed E-state index contributed by atoms with van der Waals surface area (Å²) in [5.74, 6) is 0.381. The van der Waals surface area contributed by atoms with Crippen molar-refractivity contribution in [2.24, 2.45) is 0 Å². The summed E-state index contributed by atoms with van der Waals surface area (Å²) < 4.78 is 13.0. The number of ether oxygens (including phenoxy) is 2. The highest BCUT2D eigenvalue weighted by Crippen LogP contribution is 2.20. The second-order valence-corrected chi connectivity index (χ2v) is 7.86. The van der Waals surface area contributed by atoms with E-state index in [1.165, 1.54) is 16.6 Å². The molecule has 10 heteroatoms. The molecule has 0 saturated heterocycles. The highest BCUT2D eigenvalue weighted by atomic mass is 79.9. The monoisotopic (exact) mass is 496 g/mol. The first kappa shape index (κ1) is 24.7. The van der Waals surface area contributed by atoms with E-state index in [4.69, 9.17) is 15.2 Å². The summed E-state index contributed by atoms with van der Waals surface area (Å²) in [4.78, 5) is 41.2. The molecule has 0 aliphatic rings. The Labute approximate surface area is 189 Å². The average molecular weight is 497 g/mol. The van der Waals surface area contributed by atoms with Crippen LogP contribution in [0.25, 0.3) is 0 Å². The molecule has 0 radical (unpaired) electrons. The van der Waals surface area contributed by atoms with Crippen molar-refractivity contribution in [1.29, 1.82) is 0 Å². The van der Waals surface area contributed by atoms with E-state index < -0.39 is 11.2 Å². The van der Waals surface area contributed by atoms with Gasteiger partial charge in [0.05, 0.1) is 13.2 Å². The maximum absolute atomic E-state index is 12.9. The number of nitrogens with two attached hydrogens (primary N) is 1. The van der Waals surface area contributed by atoms with E-state index in [-0.39, 0.29) is 37.0 Å². The van der Waals surface area contributed by atoms with Crippen molar-refractivity contribution in [1.82, 2.24) is 9.55 Å². The number of aromatic amines is 1. The number of nitrogens with one attached hydrogen (secondary N) is 1. The number of anilines is 2. The molecule has 0 spiro atoms. The first-order chi connectivity index (χ1) is 14.9. The lowest BCUT2D eigenvalue weighted by Gasteiger charge is -2.24. The van der Waals surface area contributed by atoms with Crippen molar-refractivity contribution >= 4 is 33.3 Å². The van der Waals surface area contributed by atoms with Gasteiger partial charge in [-0.3, -0.25) is 19.1 Å². The molecular formula is C21H29BrN4O5. The molecule has 0 fully saturated rings. The number of hydrogen-bond donors (Lipinski definition) is 2. The zero-order chi connectivity index (χ0) is 22.8. The normalized spacial score (nSPS) is 10.8. The quantitative estimate of drug-likeness (QED) is 0.435. The van der Waals surface area contributed by atoms with Gasteiger partial charge in [-0.05, 0) is 31.0 Å². The molecule has 1 amide bonds. The van der Waals surface area contributed by atoms with E-state index >= 15 is 0 Å². The number of carbonyl (C=O) groups is 1. The summed E-state index contributed by atoms with van der Waals surface area (Å²) in [5.41, 5.74) is 4.87. The Kier molecular flexibility index (Phi) is 9.80. The predicted molar refractivity (Wildman–Crippen MR) is 124 cm³/mol. The molecule has 3 N–H and O–H groups in total. The van der Waals surface area contributed by atoms with E-state index in [2.05, 4.69) is 20.9 Å². The molecule has 1 heterocycles. The summed E-state index contributed by atoms with van der Waals surface area (Å²) in [7, 11) is 1.50. The lowest BCUT2D eigenvalue weighted by atomic mass is 10.2. The SMILES string of the molecule is CCCCn1c(N)c(N(CCOC)C(=O)CCCOc2cccc(Br)c2)c(=O)[nH]c1=O. The zero-order valence-corrected chi connectivity index (χ0v) is 19.4. The van der Waals surface area contributed by atoms with Crippen LogP contribution >= 0.6 is 15.9 Å². The van der Waals surface area contributed by atoms with Crippen LogP contribution in [0.3, 0.4) is 0 Å². The van der Waals surface area contributed by atoms with Crippen LogP contribution in [-0.4, -0.2) is 42.3 Å². The molecule has 2 aromatic rings. The van der Waals surface area contributed by atoms with Gasteiger partial charge in [-0.1, -0.05) is 35.3 Å². The lowest BCUT2D eigenvalue weighted by molar-refractivity contribution is -0.119. The number of unbranched alkanes of at least 4 members (excludes halogenated alkanes) is 1. The second-order valence-electron chi connectivity index (χ2n) is 6.95. The first-order valence-electron chi connectivity index (χ1n) is 10.2. The Morgan fingerprint density at radius 1 is 1.26 bits per heavy atom. The van der Waals surface area contributed by atoms with Gasteiger partial charge in [0.1, 0.15) is 11.6 Å². The number of carbonyl (C=O) groups excluding carboxylic acids is 1. The van der Waals surface area contributed by atoms with Crippen LogP contribution in [0.1, 0.15) is 32.6 Å². The van der Waals surface area contributed by atoms with Crippen LogP contribution < -0.4 is 26.6 Å². The highest BCUT2D eigenvalue weighted by molar-refractivity contribution is 9.10. The molecule has 9 nitrogen and oxygen atoms in total. The number of aromatic nitrogens is 2. The minimum Gasteiger partial charge on any atom is -0.494 e. The van der Waals surface area contributed by atoms with Crippen molar-refractivity contribution in [2.45, 2.75) is 39.2 Å². The smallest absolute Gasteiger partial charge is 0.330 e. The van der Waals surface area contributed by atoms with Crippen molar-refractivity contribution in [3.05, 3.63) is 49.6 Å². The largest absolute Gasteiger partial charge is 0.494 e. The molecule has 0 saturated carbocycles. The third-order valence-electron chi connectivity index (χ3n) is 4.64. The maximum atomic E-state index is 12.9. The first-order valence-corrected chi connectivity index (χ1v) is 11.0. The molecule has 0 bridgehead atoms. The van der Waals surface area contributed by atoms with Crippen molar-refractivity contribution in [3.63, 3.8) is 0 Å². The van der Waals surface area contributed by atoms with Crippen molar-refractivity contribution in [3.8, 4) is 5.75 Å². The lowest BCUT2D eigenvalue weighted by Crippen LogP contribution is -2.42. The fraction of sp³-hybridized carbons (Fsp3) is 0.476. The fourth-order valence-corrected chi connectivity index (χ4v) is 3.40. The number of nitrogens with zero attached hydrogens (tertiary/aromatic N) is 2. The van der Waals surface area contributed by atoms with Gasteiger partial charge in [0.15, 0.2) is 5.69 Å².